The fraction of sp³-hybridized carbons (Fsp3) is 0.300. The van der Waals surface area contributed by atoms with Crippen LogP contribution in [0.25, 0.3) is 0 Å². The van der Waals surface area contributed by atoms with Crippen LogP contribution < -0.4 is 15.4 Å². The standard InChI is InChI=1S/C20H23ClN2O3S/c1-4-26-18-8-6-5-7-17(18)23-19(24)12-27-14(3)20(25)22-15-10-9-13(2)16(21)11-15/h5-11,14H,4,12H2,1-3H3,(H,22,25)(H,23,24). The van der Waals surface area contributed by atoms with Gasteiger partial charge in [-0.3, -0.25) is 9.59 Å². The number of nitrogens with one attached hydrogen (secondary N) is 2. The SMILES string of the molecule is CCOc1ccccc1NC(=O)CSC(C)C(=O)Nc1ccc(C)c(Cl)c1. The number of aryl methyl sites for hydroxylation is 1. The molecule has 2 aromatic rings. The maximum atomic E-state index is 12.3. The number of thioether (sulfide) groups is 1. The van der Waals surface area contributed by atoms with Crippen molar-refractivity contribution in [2.45, 2.75) is 26.0 Å². The highest BCUT2D eigenvalue weighted by molar-refractivity contribution is 8.01. The van der Waals surface area contributed by atoms with E-state index in [4.69, 9.17) is 16.3 Å². The second-order valence-corrected chi connectivity index (χ2v) is 7.62. The summed E-state index contributed by atoms with van der Waals surface area (Å²) in [5.41, 5.74) is 2.20. The predicted octanol–water partition coefficient (Wildman–Crippen LogP) is 4.75. The molecule has 2 amide bonds. The van der Waals surface area contributed by atoms with Crippen LogP contribution >= 0.6 is 23.4 Å². The van der Waals surface area contributed by atoms with Crippen molar-refractivity contribution < 1.29 is 14.3 Å². The number of anilines is 2. The van der Waals surface area contributed by atoms with Crippen molar-refractivity contribution in [3.05, 3.63) is 53.1 Å². The van der Waals surface area contributed by atoms with Crippen molar-refractivity contribution >= 4 is 46.6 Å². The van der Waals surface area contributed by atoms with E-state index in [0.717, 1.165) is 5.56 Å². The van der Waals surface area contributed by atoms with Gasteiger partial charge < -0.3 is 15.4 Å². The minimum absolute atomic E-state index is 0.156. The van der Waals surface area contributed by atoms with Gasteiger partial charge in [0.25, 0.3) is 0 Å². The smallest absolute Gasteiger partial charge is 0.237 e. The van der Waals surface area contributed by atoms with Crippen molar-refractivity contribution in [3.8, 4) is 5.75 Å². The molecule has 7 heteroatoms. The van der Waals surface area contributed by atoms with E-state index >= 15 is 0 Å². The van der Waals surface area contributed by atoms with Gasteiger partial charge in [0.15, 0.2) is 0 Å². The van der Waals surface area contributed by atoms with E-state index in [2.05, 4.69) is 10.6 Å². The molecule has 0 spiro atoms. The van der Waals surface area contributed by atoms with E-state index in [9.17, 15) is 9.59 Å². The van der Waals surface area contributed by atoms with Crippen LogP contribution in [0.1, 0.15) is 19.4 Å². The monoisotopic (exact) mass is 406 g/mol. The fourth-order valence-corrected chi connectivity index (χ4v) is 3.09. The molecule has 2 rings (SSSR count). The molecule has 0 radical (unpaired) electrons. The summed E-state index contributed by atoms with van der Waals surface area (Å²) < 4.78 is 5.49. The molecule has 0 fully saturated rings. The second kappa shape index (κ2) is 10.2. The Balaban J connectivity index is 1.85. The van der Waals surface area contributed by atoms with Gasteiger partial charge in [-0.2, -0.15) is 0 Å². The number of hydrogen-bond acceptors (Lipinski definition) is 4. The Bertz CT molecular complexity index is 814. The van der Waals surface area contributed by atoms with Crippen LogP contribution in [0, 0.1) is 6.92 Å². The number of ether oxygens (including phenoxy) is 1. The second-order valence-electron chi connectivity index (χ2n) is 5.88. The van der Waals surface area contributed by atoms with Gasteiger partial charge in [-0.25, -0.2) is 0 Å². The predicted molar refractivity (Wildman–Crippen MR) is 113 cm³/mol. The number of carbonyl (C=O) groups is 2. The quantitative estimate of drug-likeness (QED) is 0.664. The summed E-state index contributed by atoms with van der Waals surface area (Å²) in [6.45, 7) is 6.06. The maximum Gasteiger partial charge on any atom is 0.237 e. The molecular weight excluding hydrogens is 384 g/mol. The Hall–Kier alpha value is -2.18. The lowest BCUT2D eigenvalue weighted by Crippen LogP contribution is -2.25. The van der Waals surface area contributed by atoms with E-state index in [0.29, 0.717) is 28.8 Å². The number of hydrogen-bond donors (Lipinski definition) is 2. The van der Waals surface area contributed by atoms with E-state index < -0.39 is 5.25 Å². The minimum atomic E-state index is -0.391. The van der Waals surface area contributed by atoms with E-state index in [1.54, 1.807) is 31.2 Å². The number of carbonyl (C=O) groups excluding carboxylic acids is 2. The van der Waals surface area contributed by atoms with Gasteiger partial charge in [-0.05, 0) is 50.6 Å². The molecule has 0 aliphatic carbocycles. The molecule has 0 aliphatic heterocycles. The van der Waals surface area contributed by atoms with Gasteiger partial charge in [-0.15, -0.1) is 11.8 Å². The summed E-state index contributed by atoms with van der Waals surface area (Å²) in [5, 5.41) is 5.84. The van der Waals surface area contributed by atoms with Crippen LogP contribution in [0.3, 0.4) is 0 Å². The lowest BCUT2D eigenvalue weighted by Gasteiger charge is -2.14. The first kappa shape index (κ1) is 21.1. The first-order chi connectivity index (χ1) is 12.9. The van der Waals surface area contributed by atoms with Crippen LogP contribution in [0.15, 0.2) is 42.5 Å². The number of para-hydroxylation sites is 2. The Morgan fingerprint density at radius 1 is 1.19 bits per heavy atom. The van der Waals surface area contributed by atoms with Crippen LogP contribution in [0.4, 0.5) is 11.4 Å². The third-order valence-corrected chi connectivity index (χ3v) is 5.28. The van der Waals surface area contributed by atoms with Crippen molar-refractivity contribution in [2.24, 2.45) is 0 Å². The molecule has 0 saturated heterocycles. The Morgan fingerprint density at radius 3 is 2.63 bits per heavy atom. The molecule has 27 heavy (non-hydrogen) atoms. The summed E-state index contributed by atoms with van der Waals surface area (Å²) in [4.78, 5) is 24.5. The van der Waals surface area contributed by atoms with Gasteiger partial charge in [-0.1, -0.05) is 29.8 Å². The van der Waals surface area contributed by atoms with Crippen molar-refractivity contribution in [1.82, 2.24) is 0 Å². The molecule has 0 saturated carbocycles. The molecule has 2 aromatic carbocycles. The summed E-state index contributed by atoms with van der Waals surface area (Å²) in [7, 11) is 0. The highest BCUT2D eigenvalue weighted by Gasteiger charge is 2.16. The summed E-state index contributed by atoms with van der Waals surface area (Å²) in [6.07, 6.45) is 0. The number of halogens is 1. The van der Waals surface area contributed by atoms with E-state index in [-0.39, 0.29) is 17.6 Å². The molecule has 1 atom stereocenters. The van der Waals surface area contributed by atoms with Crippen LogP contribution in [0.2, 0.25) is 5.02 Å². The molecule has 1 unspecified atom stereocenters. The van der Waals surface area contributed by atoms with Crippen molar-refractivity contribution in [1.29, 1.82) is 0 Å². The molecular formula is C20H23ClN2O3S. The molecule has 0 heterocycles. The maximum absolute atomic E-state index is 12.3. The average molecular weight is 407 g/mol. The summed E-state index contributed by atoms with van der Waals surface area (Å²) >= 11 is 7.33. The van der Waals surface area contributed by atoms with Crippen molar-refractivity contribution in [3.63, 3.8) is 0 Å². The van der Waals surface area contributed by atoms with E-state index in [1.807, 2.05) is 32.0 Å². The van der Waals surface area contributed by atoms with Gasteiger partial charge in [0, 0.05) is 10.7 Å². The number of benzene rings is 2. The van der Waals surface area contributed by atoms with Crippen LogP contribution in [-0.2, 0) is 9.59 Å². The Kier molecular flexibility index (Phi) is 8.00. The van der Waals surface area contributed by atoms with Gasteiger partial charge in [0.2, 0.25) is 11.8 Å². The molecule has 0 bridgehead atoms. The molecule has 0 aliphatic rings. The zero-order valence-corrected chi connectivity index (χ0v) is 17.1. The first-order valence-corrected chi connectivity index (χ1v) is 10.0. The largest absolute Gasteiger partial charge is 0.492 e. The highest BCUT2D eigenvalue weighted by atomic mass is 35.5. The van der Waals surface area contributed by atoms with Crippen LogP contribution in [0.5, 0.6) is 5.75 Å². The average Bonchev–Trinajstić information content (AvgIpc) is 2.64. The lowest BCUT2D eigenvalue weighted by molar-refractivity contribution is -0.115. The third-order valence-electron chi connectivity index (χ3n) is 3.73. The highest BCUT2D eigenvalue weighted by Crippen LogP contribution is 2.24. The number of amides is 2. The zero-order chi connectivity index (χ0) is 19.8. The van der Waals surface area contributed by atoms with Gasteiger partial charge in [0.1, 0.15) is 5.75 Å². The zero-order valence-electron chi connectivity index (χ0n) is 15.5. The summed E-state index contributed by atoms with van der Waals surface area (Å²) in [5.74, 6) is 0.414. The molecule has 0 aromatic heterocycles. The number of rotatable bonds is 8. The topological polar surface area (TPSA) is 67.4 Å². The first-order valence-electron chi connectivity index (χ1n) is 8.61. The Morgan fingerprint density at radius 2 is 1.93 bits per heavy atom. The van der Waals surface area contributed by atoms with Gasteiger partial charge >= 0.3 is 0 Å². The van der Waals surface area contributed by atoms with Gasteiger partial charge in [0.05, 0.1) is 23.3 Å². The van der Waals surface area contributed by atoms with Crippen molar-refractivity contribution in [2.75, 3.05) is 23.0 Å². The third kappa shape index (κ3) is 6.48. The molecule has 2 N–H and O–H groups in total. The Labute approximate surface area is 168 Å². The summed E-state index contributed by atoms with van der Waals surface area (Å²) in [6, 6.07) is 12.6. The van der Waals surface area contributed by atoms with Crippen LogP contribution in [-0.4, -0.2) is 29.4 Å². The molecule has 144 valence electrons. The van der Waals surface area contributed by atoms with E-state index in [1.165, 1.54) is 11.8 Å². The fourth-order valence-electron chi connectivity index (χ4n) is 2.23. The normalized spacial score (nSPS) is 11.6. The lowest BCUT2D eigenvalue weighted by atomic mass is 10.2. The minimum Gasteiger partial charge on any atom is -0.492 e. The molecule has 5 nitrogen and oxygen atoms in total.